The van der Waals surface area contributed by atoms with Gasteiger partial charge in [0.1, 0.15) is 11.2 Å². The van der Waals surface area contributed by atoms with Crippen molar-refractivity contribution in [1.29, 1.82) is 10.5 Å². The van der Waals surface area contributed by atoms with Crippen molar-refractivity contribution < 1.29 is 19.1 Å². The summed E-state index contributed by atoms with van der Waals surface area (Å²) >= 11 is 3.44. The minimum atomic E-state index is -0.696. The Hall–Kier alpha value is -4.21. The van der Waals surface area contributed by atoms with Crippen LogP contribution in [0.15, 0.2) is 41.4 Å². The van der Waals surface area contributed by atoms with Crippen LogP contribution in [0, 0.1) is 29.2 Å². The molecule has 4 saturated heterocycles. The van der Waals surface area contributed by atoms with E-state index in [1.165, 1.54) is 6.20 Å². The second-order valence-electron chi connectivity index (χ2n) is 15.7. The molecular formula is C37H44BrN7O4. The lowest BCUT2D eigenvalue weighted by molar-refractivity contribution is 0.00119. The molecule has 6 heterocycles. The molecule has 6 atom stereocenters. The average Bonchev–Trinajstić information content (AvgIpc) is 3.48. The Bertz CT molecular complexity index is 1680. The van der Waals surface area contributed by atoms with Crippen molar-refractivity contribution in [2.75, 3.05) is 0 Å². The Balaban J connectivity index is 0.000000191. The second kappa shape index (κ2) is 13.6. The zero-order valence-corrected chi connectivity index (χ0v) is 30.7. The highest BCUT2D eigenvalue weighted by molar-refractivity contribution is 9.10. The van der Waals surface area contributed by atoms with Crippen LogP contribution in [0.25, 0.3) is 4.85 Å². The Labute approximate surface area is 297 Å². The number of hydrogen-bond donors (Lipinski definition) is 0. The van der Waals surface area contributed by atoms with Gasteiger partial charge in [0.05, 0.1) is 29.5 Å². The van der Waals surface area contributed by atoms with E-state index in [4.69, 9.17) is 16.0 Å². The quantitative estimate of drug-likeness (QED) is 0.283. The van der Waals surface area contributed by atoms with Gasteiger partial charge in [0.15, 0.2) is 0 Å². The molecule has 2 unspecified atom stereocenters. The highest BCUT2D eigenvalue weighted by Crippen LogP contribution is 2.49. The van der Waals surface area contributed by atoms with E-state index in [0.717, 1.165) is 41.3 Å². The first-order valence-electron chi connectivity index (χ1n) is 16.8. The number of hydrogen-bond acceptors (Lipinski definition) is 8. The van der Waals surface area contributed by atoms with Crippen LogP contribution < -0.4 is 0 Å². The molecule has 4 aliphatic rings. The van der Waals surface area contributed by atoms with E-state index in [2.05, 4.69) is 42.9 Å². The van der Waals surface area contributed by atoms with E-state index >= 15 is 0 Å². The van der Waals surface area contributed by atoms with Crippen LogP contribution in [-0.4, -0.2) is 67.3 Å². The second-order valence-corrected chi connectivity index (χ2v) is 16.6. The van der Waals surface area contributed by atoms with Crippen molar-refractivity contribution in [3.63, 3.8) is 0 Å². The molecule has 4 fully saturated rings. The lowest BCUT2D eigenvalue weighted by Crippen LogP contribution is -2.52. The number of ether oxygens (including phenoxy) is 2. The fraction of sp³-hybridized carbons (Fsp3) is 0.595. The van der Waals surface area contributed by atoms with E-state index in [1.54, 1.807) is 24.7 Å². The van der Waals surface area contributed by atoms with Crippen LogP contribution in [0.1, 0.15) is 104 Å². The van der Waals surface area contributed by atoms with Gasteiger partial charge < -0.3 is 19.3 Å². The van der Waals surface area contributed by atoms with Gasteiger partial charge in [0.2, 0.25) is 5.69 Å². The third kappa shape index (κ3) is 7.68. The Morgan fingerprint density at radius 2 is 1.16 bits per heavy atom. The third-order valence-corrected chi connectivity index (χ3v) is 10.3. The summed E-state index contributed by atoms with van der Waals surface area (Å²) in [5, 5.41) is 19.9. The summed E-state index contributed by atoms with van der Waals surface area (Å²) in [6, 6.07) is 8.82. The van der Waals surface area contributed by atoms with Crippen molar-refractivity contribution in [2.24, 2.45) is 0 Å². The molecule has 11 nitrogen and oxygen atoms in total. The van der Waals surface area contributed by atoms with Crippen LogP contribution in [0.2, 0.25) is 0 Å². The largest absolute Gasteiger partial charge is 0.444 e. The van der Waals surface area contributed by atoms with Crippen molar-refractivity contribution in [3.8, 4) is 12.1 Å². The minimum Gasteiger partial charge on any atom is -0.444 e. The molecule has 2 amide bonds. The monoisotopic (exact) mass is 729 g/mol. The number of nitriles is 2. The summed E-state index contributed by atoms with van der Waals surface area (Å²) in [6.45, 7) is 18.4. The summed E-state index contributed by atoms with van der Waals surface area (Å²) in [5.74, 6) is 0. The van der Waals surface area contributed by atoms with Crippen LogP contribution in [0.3, 0.4) is 0 Å². The third-order valence-electron chi connectivity index (χ3n) is 9.88. The maximum absolute atomic E-state index is 12.6. The molecule has 0 radical (unpaired) electrons. The zero-order chi connectivity index (χ0) is 35.8. The highest BCUT2D eigenvalue weighted by Gasteiger charge is 2.53. The molecule has 0 aliphatic carbocycles. The predicted molar refractivity (Wildman–Crippen MR) is 185 cm³/mol. The first-order valence-corrected chi connectivity index (χ1v) is 17.6. The van der Waals surface area contributed by atoms with E-state index in [0.29, 0.717) is 31.4 Å². The topological polar surface area (TPSA) is 137 Å². The molecule has 2 aromatic rings. The Morgan fingerprint density at radius 1 is 0.776 bits per heavy atom. The Kier molecular flexibility index (Phi) is 10.0. The lowest BCUT2D eigenvalue weighted by atomic mass is 9.71. The molecular weight excluding hydrogens is 686 g/mol. The molecule has 4 bridgehead atoms. The highest BCUT2D eigenvalue weighted by atomic mass is 79.9. The van der Waals surface area contributed by atoms with E-state index < -0.39 is 22.0 Å². The van der Waals surface area contributed by atoms with Crippen LogP contribution >= 0.6 is 15.9 Å². The van der Waals surface area contributed by atoms with Gasteiger partial charge in [-0.3, -0.25) is 9.97 Å². The summed E-state index contributed by atoms with van der Waals surface area (Å²) in [7, 11) is 0. The van der Waals surface area contributed by atoms with Crippen molar-refractivity contribution in [2.45, 2.75) is 139 Å². The fourth-order valence-corrected chi connectivity index (χ4v) is 8.30. The van der Waals surface area contributed by atoms with Crippen LogP contribution in [0.4, 0.5) is 15.3 Å². The van der Waals surface area contributed by atoms with E-state index in [1.807, 2.05) is 57.4 Å². The molecule has 0 aromatic carbocycles. The molecule has 0 saturated carbocycles. The molecule has 0 N–H and O–H groups in total. The number of carbonyl (C=O) groups is 2. The van der Waals surface area contributed by atoms with Gasteiger partial charge in [-0.15, -0.1) is 0 Å². The predicted octanol–water partition coefficient (Wildman–Crippen LogP) is 8.12. The van der Waals surface area contributed by atoms with Gasteiger partial charge >= 0.3 is 12.2 Å². The molecule has 0 spiro atoms. The van der Waals surface area contributed by atoms with Crippen molar-refractivity contribution in [1.82, 2.24) is 19.8 Å². The summed E-state index contributed by atoms with van der Waals surface area (Å²) in [4.78, 5) is 40.6. The maximum Gasteiger partial charge on any atom is 0.410 e. The fourth-order valence-electron chi connectivity index (χ4n) is 7.93. The number of fused-ring (bicyclic) bond motifs is 4. The average molecular weight is 731 g/mol. The smallest absolute Gasteiger partial charge is 0.410 e. The number of aromatic nitrogens is 2. The van der Waals surface area contributed by atoms with Crippen molar-refractivity contribution >= 4 is 33.8 Å². The van der Waals surface area contributed by atoms with Gasteiger partial charge in [0, 0.05) is 53.4 Å². The SMILES string of the molecule is CC(C)(C)OC(=O)N1[C@@H]2CC[C@H]1CC(C#N)(c1cncc(Br)c1)C2.[C-]#[N+]c1cncc(C2(C#N)C[C@H]3CC[C@@H](C2)N3C(=O)OC(C)(C)C)c1. The number of rotatable bonds is 2. The first-order chi connectivity index (χ1) is 23.0. The Morgan fingerprint density at radius 3 is 1.51 bits per heavy atom. The molecule has 6 rings (SSSR count). The van der Waals surface area contributed by atoms with Gasteiger partial charge in [-0.05, 0) is 132 Å². The number of nitrogens with zero attached hydrogens (tertiary/aromatic N) is 7. The number of halogens is 1. The lowest BCUT2D eigenvalue weighted by Gasteiger charge is -2.43. The van der Waals surface area contributed by atoms with Gasteiger partial charge in [-0.25, -0.2) is 14.4 Å². The van der Waals surface area contributed by atoms with Crippen LogP contribution in [-0.2, 0) is 20.3 Å². The first kappa shape index (κ1) is 36.1. The number of piperidine rings is 2. The number of carbonyl (C=O) groups excluding carboxylic acids is 2. The normalized spacial score (nSPS) is 28.7. The van der Waals surface area contributed by atoms with E-state index in [9.17, 15) is 20.1 Å². The van der Waals surface area contributed by atoms with Gasteiger partial charge in [-0.1, -0.05) is 0 Å². The molecule has 12 heteroatoms. The molecule has 49 heavy (non-hydrogen) atoms. The molecule has 258 valence electrons. The van der Waals surface area contributed by atoms with Gasteiger partial charge in [-0.2, -0.15) is 10.5 Å². The summed E-state index contributed by atoms with van der Waals surface area (Å²) in [6.07, 6.45) is 12.1. The molecule has 2 aromatic heterocycles. The zero-order valence-electron chi connectivity index (χ0n) is 29.1. The van der Waals surface area contributed by atoms with Crippen molar-refractivity contribution in [3.05, 3.63) is 63.9 Å². The van der Waals surface area contributed by atoms with Crippen LogP contribution in [0.5, 0.6) is 0 Å². The maximum atomic E-state index is 12.6. The standard InChI is InChI=1S/C19H22N4O2.C18H22BrN3O2/c1-18(2,3)25-17(24)23-15-5-6-16(23)9-19(8-15,12-20)13-7-14(21-4)11-22-10-13;1-17(2,3)24-16(23)22-14-4-5-15(22)8-18(7-14,11-20)12-6-13(19)10-21-9-12/h7,10-11,15-16H,5-6,8-9H2,1-3H3;6,9-10,14-15H,4-5,7-8H2,1-3H3/t15-,16+,19?;14-,15+,18?. The summed E-state index contributed by atoms with van der Waals surface area (Å²) < 4.78 is 12.0. The number of amides is 2. The number of pyridine rings is 2. The summed E-state index contributed by atoms with van der Waals surface area (Å²) in [5.41, 5.74) is -0.166. The molecule has 4 aliphatic heterocycles. The van der Waals surface area contributed by atoms with Gasteiger partial charge in [0.25, 0.3) is 0 Å². The minimum absolute atomic E-state index is 0.00940. The van der Waals surface area contributed by atoms with E-state index in [-0.39, 0.29) is 36.4 Å².